The van der Waals surface area contributed by atoms with E-state index in [-0.39, 0.29) is 5.78 Å². The topological polar surface area (TPSA) is 26.3 Å². The van der Waals surface area contributed by atoms with Crippen LogP contribution in [-0.4, -0.2) is 12.9 Å². The SMILES string of the molecule is C/C=C(/C(=O)CC)c1ccc2cc(-c3ccc(OC)c(C4CCCCC4)c3)ccc2c1. The smallest absolute Gasteiger partial charge is 0.162 e. The van der Waals surface area contributed by atoms with Gasteiger partial charge < -0.3 is 4.74 Å². The van der Waals surface area contributed by atoms with E-state index in [1.807, 2.05) is 19.9 Å². The van der Waals surface area contributed by atoms with E-state index in [1.54, 1.807) is 7.11 Å². The van der Waals surface area contributed by atoms with Gasteiger partial charge in [0, 0.05) is 12.0 Å². The van der Waals surface area contributed by atoms with Gasteiger partial charge in [-0.25, -0.2) is 0 Å². The van der Waals surface area contributed by atoms with Crippen LogP contribution in [0, 0.1) is 0 Å². The minimum Gasteiger partial charge on any atom is -0.496 e. The first-order valence-electron chi connectivity index (χ1n) is 11.6. The van der Waals surface area contributed by atoms with Crippen LogP contribution in [-0.2, 0) is 4.79 Å². The van der Waals surface area contributed by atoms with Gasteiger partial charge in [0.25, 0.3) is 0 Å². The minimum absolute atomic E-state index is 0.187. The Bertz CT molecular complexity index is 1120. The van der Waals surface area contributed by atoms with Crippen LogP contribution in [0.4, 0.5) is 0 Å². The first-order chi connectivity index (χ1) is 15.1. The van der Waals surface area contributed by atoms with E-state index in [0.29, 0.717) is 12.3 Å². The summed E-state index contributed by atoms with van der Waals surface area (Å²) in [5.74, 6) is 1.80. The molecule has 0 bridgehead atoms. The molecule has 0 heterocycles. The molecule has 1 saturated carbocycles. The maximum atomic E-state index is 12.3. The summed E-state index contributed by atoms with van der Waals surface area (Å²) in [5, 5.41) is 2.35. The van der Waals surface area contributed by atoms with Gasteiger partial charge in [-0.05, 0) is 83.0 Å². The van der Waals surface area contributed by atoms with Crippen LogP contribution >= 0.6 is 0 Å². The van der Waals surface area contributed by atoms with E-state index in [1.165, 1.54) is 54.2 Å². The molecule has 1 aliphatic rings. The highest BCUT2D eigenvalue weighted by atomic mass is 16.5. The van der Waals surface area contributed by atoms with Crippen molar-refractivity contribution in [1.82, 2.24) is 0 Å². The molecule has 3 aromatic rings. The molecule has 0 aromatic heterocycles. The summed E-state index contributed by atoms with van der Waals surface area (Å²) in [5.41, 5.74) is 5.61. The molecule has 160 valence electrons. The highest BCUT2D eigenvalue weighted by molar-refractivity contribution is 6.21. The number of ether oxygens (including phenoxy) is 1. The molecule has 1 fully saturated rings. The summed E-state index contributed by atoms with van der Waals surface area (Å²) < 4.78 is 5.70. The molecule has 0 N–H and O–H groups in total. The van der Waals surface area contributed by atoms with Crippen LogP contribution in [0.2, 0.25) is 0 Å². The third-order valence-electron chi connectivity index (χ3n) is 6.67. The molecule has 0 saturated heterocycles. The Morgan fingerprint density at radius 2 is 1.61 bits per heavy atom. The van der Waals surface area contributed by atoms with Crippen molar-refractivity contribution < 1.29 is 9.53 Å². The van der Waals surface area contributed by atoms with Crippen molar-refractivity contribution in [1.29, 1.82) is 0 Å². The van der Waals surface area contributed by atoms with Gasteiger partial charge in [0.2, 0.25) is 0 Å². The number of Topliss-reactive ketones (excluding diaryl/α,β-unsaturated/α-hetero) is 1. The molecule has 31 heavy (non-hydrogen) atoms. The van der Waals surface area contributed by atoms with E-state index < -0.39 is 0 Å². The van der Waals surface area contributed by atoms with Crippen LogP contribution in [0.15, 0.2) is 60.7 Å². The second kappa shape index (κ2) is 9.51. The molecule has 0 atom stereocenters. The third-order valence-corrected chi connectivity index (χ3v) is 6.67. The van der Waals surface area contributed by atoms with Crippen molar-refractivity contribution in [3.63, 3.8) is 0 Å². The Labute approximate surface area is 185 Å². The van der Waals surface area contributed by atoms with Crippen LogP contribution in [0.1, 0.15) is 69.4 Å². The second-order valence-corrected chi connectivity index (χ2v) is 8.55. The fourth-order valence-electron chi connectivity index (χ4n) is 4.92. The van der Waals surface area contributed by atoms with Crippen LogP contribution in [0.5, 0.6) is 5.75 Å². The van der Waals surface area contributed by atoms with Gasteiger partial charge in [-0.1, -0.05) is 62.6 Å². The molecule has 1 aliphatic carbocycles. The number of fused-ring (bicyclic) bond motifs is 1. The number of allylic oxidation sites excluding steroid dienone is 2. The van der Waals surface area contributed by atoms with E-state index in [9.17, 15) is 4.79 Å². The van der Waals surface area contributed by atoms with Crippen molar-refractivity contribution in [3.8, 4) is 16.9 Å². The van der Waals surface area contributed by atoms with Gasteiger partial charge in [0.1, 0.15) is 5.75 Å². The van der Waals surface area contributed by atoms with Gasteiger partial charge in [-0.3, -0.25) is 4.79 Å². The Morgan fingerprint density at radius 3 is 2.32 bits per heavy atom. The Hall–Kier alpha value is -2.87. The number of hydrogen-bond donors (Lipinski definition) is 0. The minimum atomic E-state index is 0.187. The summed E-state index contributed by atoms with van der Waals surface area (Å²) in [6, 6.07) is 19.6. The lowest BCUT2D eigenvalue weighted by Crippen LogP contribution is -2.06. The Kier molecular flexibility index (Phi) is 6.56. The van der Waals surface area contributed by atoms with E-state index in [4.69, 9.17) is 4.74 Å². The first-order valence-corrected chi connectivity index (χ1v) is 11.6. The highest BCUT2D eigenvalue weighted by Crippen LogP contribution is 2.40. The monoisotopic (exact) mass is 412 g/mol. The molecule has 2 nitrogen and oxygen atoms in total. The van der Waals surface area contributed by atoms with Crippen LogP contribution in [0.3, 0.4) is 0 Å². The molecule has 0 aliphatic heterocycles. The zero-order valence-electron chi connectivity index (χ0n) is 18.9. The lowest BCUT2D eigenvalue weighted by Gasteiger charge is -2.24. The van der Waals surface area contributed by atoms with Crippen molar-refractivity contribution in [2.24, 2.45) is 0 Å². The fraction of sp³-hybridized carbons (Fsp3) is 0.345. The maximum absolute atomic E-state index is 12.3. The molecule has 0 radical (unpaired) electrons. The van der Waals surface area contributed by atoms with Gasteiger partial charge in [0.15, 0.2) is 5.78 Å². The molecule has 0 unspecified atom stereocenters. The quantitative estimate of drug-likeness (QED) is 0.384. The molecule has 2 heteroatoms. The first kappa shape index (κ1) is 21.4. The zero-order valence-corrected chi connectivity index (χ0v) is 18.9. The van der Waals surface area contributed by atoms with E-state index in [0.717, 1.165) is 22.3 Å². The molecule has 0 amide bonds. The molecular formula is C29H32O2. The number of benzene rings is 3. The summed E-state index contributed by atoms with van der Waals surface area (Å²) >= 11 is 0. The Morgan fingerprint density at radius 1 is 0.935 bits per heavy atom. The normalized spacial score (nSPS) is 15.3. The fourth-order valence-corrected chi connectivity index (χ4v) is 4.92. The van der Waals surface area contributed by atoms with Gasteiger partial charge in [-0.2, -0.15) is 0 Å². The lowest BCUT2D eigenvalue weighted by atomic mass is 9.82. The third kappa shape index (κ3) is 4.44. The number of ketones is 1. The average Bonchev–Trinajstić information content (AvgIpc) is 2.84. The van der Waals surface area contributed by atoms with Crippen molar-refractivity contribution in [3.05, 3.63) is 71.8 Å². The number of hydrogen-bond acceptors (Lipinski definition) is 2. The number of carbonyl (C=O) groups excluding carboxylic acids is 1. The highest BCUT2D eigenvalue weighted by Gasteiger charge is 2.20. The van der Waals surface area contributed by atoms with Crippen molar-refractivity contribution in [2.75, 3.05) is 7.11 Å². The maximum Gasteiger partial charge on any atom is 0.162 e. The van der Waals surface area contributed by atoms with Crippen LogP contribution < -0.4 is 4.74 Å². The van der Waals surface area contributed by atoms with Crippen molar-refractivity contribution in [2.45, 2.75) is 58.3 Å². The number of carbonyl (C=O) groups is 1. The second-order valence-electron chi connectivity index (χ2n) is 8.55. The predicted molar refractivity (Wildman–Crippen MR) is 131 cm³/mol. The largest absolute Gasteiger partial charge is 0.496 e. The van der Waals surface area contributed by atoms with E-state index in [2.05, 4.69) is 54.6 Å². The van der Waals surface area contributed by atoms with Crippen LogP contribution in [0.25, 0.3) is 27.5 Å². The zero-order chi connectivity index (χ0) is 21.8. The molecule has 0 spiro atoms. The summed E-state index contributed by atoms with van der Waals surface area (Å²) in [6.45, 7) is 3.85. The van der Waals surface area contributed by atoms with Gasteiger partial charge in [0.05, 0.1) is 7.11 Å². The van der Waals surface area contributed by atoms with Gasteiger partial charge in [-0.15, -0.1) is 0 Å². The lowest BCUT2D eigenvalue weighted by molar-refractivity contribution is -0.113. The number of rotatable bonds is 6. The van der Waals surface area contributed by atoms with E-state index >= 15 is 0 Å². The van der Waals surface area contributed by atoms with Gasteiger partial charge >= 0.3 is 0 Å². The average molecular weight is 413 g/mol. The Balaban J connectivity index is 1.70. The molecular weight excluding hydrogens is 380 g/mol. The summed E-state index contributed by atoms with van der Waals surface area (Å²) in [6.07, 6.45) is 8.93. The molecule has 3 aromatic carbocycles. The number of methoxy groups -OCH3 is 1. The standard InChI is InChI=1S/C29H32O2/c1-4-26(28(30)5-2)25-14-13-21-17-22(11-12-23(21)18-25)24-15-16-29(31-3)27(19-24)20-9-7-6-8-10-20/h4,11-20H,5-10H2,1-3H3/b26-4+. The summed E-state index contributed by atoms with van der Waals surface area (Å²) in [4.78, 5) is 12.3. The predicted octanol–water partition coefficient (Wildman–Crippen LogP) is 7.95. The van der Waals surface area contributed by atoms with Crippen molar-refractivity contribution >= 4 is 22.1 Å². The molecule has 4 rings (SSSR count). The summed E-state index contributed by atoms with van der Waals surface area (Å²) in [7, 11) is 1.78.